The highest BCUT2D eigenvalue weighted by Crippen LogP contribution is 2.18. The molecule has 126 valence electrons. The highest BCUT2D eigenvalue weighted by molar-refractivity contribution is 7.80. The maximum absolute atomic E-state index is 12.0. The van der Waals surface area contributed by atoms with Gasteiger partial charge in [-0.3, -0.25) is 4.79 Å². The lowest BCUT2D eigenvalue weighted by atomic mass is 9.94. The third-order valence-corrected chi connectivity index (χ3v) is 4.51. The number of thiocarbonyl (C=S) groups is 1. The van der Waals surface area contributed by atoms with Gasteiger partial charge < -0.3 is 15.5 Å². The van der Waals surface area contributed by atoms with Gasteiger partial charge in [0.1, 0.15) is 0 Å². The summed E-state index contributed by atoms with van der Waals surface area (Å²) in [5.41, 5.74) is 0.588. The number of piperidine rings is 1. The predicted molar refractivity (Wildman–Crippen MR) is 99.9 cm³/mol. The first-order chi connectivity index (χ1) is 10.8. The third kappa shape index (κ3) is 5.36. The Bertz CT molecular complexity index is 560. The van der Waals surface area contributed by atoms with E-state index in [1.54, 1.807) is 0 Å². The van der Waals surface area contributed by atoms with Crippen LogP contribution in [0.2, 0.25) is 5.02 Å². The van der Waals surface area contributed by atoms with Crippen LogP contribution in [0.4, 0.5) is 5.69 Å². The Morgan fingerprint density at radius 1 is 1.22 bits per heavy atom. The molecule has 0 radical (unpaired) electrons. The van der Waals surface area contributed by atoms with Gasteiger partial charge in [0.15, 0.2) is 5.11 Å². The van der Waals surface area contributed by atoms with Gasteiger partial charge in [-0.1, -0.05) is 32.4 Å². The van der Waals surface area contributed by atoms with E-state index in [4.69, 9.17) is 23.8 Å². The van der Waals surface area contributed by atoms with Crippen molar-refractivity contribution in [1.82, 2.24) is 10.2 Å². The van der Waals surface area contributed by atoms with Crippen molar-refractivity contribution in [2.45, 2.75) is 39.7 Å². The molecule has 0 aliphatic carbocycles. The van der Waals surface area contributed by atoms with Gasteiger partial charge in [-0.15, -0.1) is 0 Å². The Balaban J connectivity index is 1.81. The first-order valence-corrected chi connectivity index (χ1v) is 8.67. The summed E-state index contributed by atoms with van der Waals surface area (Å²) < 4.78 is 0. The topological polar surface area (TPSA) is 44.4 Å². The Hall–Kier alpha value is -1.33. The van der Waals surface area contributed by atoms with Crippen molar-refractivity contribution in [3.63, 3.8) is 0 Å². The van der Waals surface area contributed by atoms with Crippen molar-refractivity contribution in [3.8, 4) is 0 Å². The molecular formula is C17H24ClN3OS. The molecule has 2 N–H and O–H groups in total. The van der Waals surface area contributed by atoms with Gasteiger partial charge in [0.2, 0.25) is 5.91 Å². The molecule has 1 aliphatic rings. The van der Waals surface area contributed by atoms with Crippen LogP contribution >= 0.6 is 23.8 Å². The maximum Gasteiger partial charge on any atom is 0.225 e. The van der Waals surface area contributed by atoms with Crippen LogP contribution in [0.25, 0.3) is 0 Å². The standard InChI is InChI=1S/C17H24ClN3OS/c1-17(2,3)15(22)19-14-8-10-21(11-9-14)16(23)20-13-6-4-12(18)5-7-13/h4-7,14H,8-11H2,1-3H3,(H,19,22)(H,20,23). The molecule has 0 aromatic heterocycles. The van der Waals surface area contributed by atoms with E-state index in [1.165, 1.54) is 0 Å². The number of halogens is 1. The fourth-order valence-corrected chi connectivity index (χ4v) is 2.79. The Morgan fingerprint density at radius 2 is 1.78 bits per heavy atom. The average Bonchev–Trinajstić information content (AvgIpc) is 2.49. The second-order valence-electron chi connectivity index (χ2n) is 6.92. The van der Waals surface area contributed by atoms with Gasteiger partial charge in [-0.25, -0.2) is 0 Å². The average molecular weight is 354 g/mol. The highest BCUT2D eigenvalue weighted by Gasteiger charge is 2.27. The summed E-state index contributed by atoms with van der Waals surface area (Å²) in [6.45, 7) is 7.48. The summed E-state index contributed by atoms with van der Waals surface area (Å²) in [6, 6.07) is 7.72. The molecule has 4 nitrogen and oxygen atoms in total. The SMILES string of the molecule is CC(C)(C)C(=O)NC1CCN(C(=S)Nc2ccc(Cl)cc2)CC1. The van der Waals surface area contributed by atoms with E-state index in [0.717, 1.165) is 31.6 Å². The smallest absolute Gasteiger partial charge is 0.225 e. The number of carbonyl (C=O) groups is 1. The number of likely N-dealkylation sites (tertiary alicyclic amines) is 1. The number of nitrogens with zero attached hydrogens (tertiary/aromatic N) is 1. The summed E-state index contributed by atoms with van der Waals surface area (Å²) >= 11 is 11.3. The molecule has 1 aliphatic heterocycles. The van der Waals surface area contributed by atoms with Crippen molar-refractivity contribution in [2.75, 3.05) is 18.4 Å². The van der Waals surface area contributed by atoms with Crippen LogP contribution in [-0.2, 0) is 4.79 Å². The first-order valence-electron chi connectivity index (χ1n) is 7.88. The number of carbonyl (C=O) groups excluding carboxylic acids is 1. The van der Waals surface area contributed by atoms with Crippen molar-refractivity contribution < 1.29 is 4.79 Å². The van der Waals surface area contributed by atoms with Crippen LogP contribution in [0.1, 0.15) is 33.6 Å². The van der Waals surface area contributed by atoms with Gasteiger partial charge in [-0.2, -0.15) is 0 Å². The van der Waals surface area contributed by atoms with Crippen LogP contribution < -0.4 is 10.6 Å². The lowest BCUT2D eigenvalue weighted by molar-refractivity contribution is -0.129. The molecule has 0 atom stereocenters. The number of nitrogens with one attached hydrogen (secondary N) is 2. The van der Waals surface area contributed by atoms with E-state index >= 15 is 0 Å². The van der Waals surface area contributed by atoms with Gasteiger partial charge in [0.25, 0.3) is 0 Å². The molecule has 1 saturated heterocycles. The van der Waals surface area contributed by atoms with E-state index in [-0.39, 0.29) is 17.4 Å². The number of hydrogen-bond donors (Lipinski definition) is 2. The number of hydrogen-bond acceptors (Lipinski definition) is 2. The number of amides is 1. The summed E-state index contributed by atoms with van der Waals surface area (Å²) in [7, 11) is 0. The fraction of sp³-hybridized carbons (Fsp3) is 0.529. The van der Waals surface area contributed by atoms with E-state index in [0.29, 0.717) is 10.1 Å². The molecule has 0 bridgehead atoms. The van der Waals surface area contributed by atoms with E-state index in [1.807, 2.05) is 45.0 Å². The minimum atomic E-state index is -0.345. The van der Waals surface area contributed by atoms with Crippen LogP contribution in [0.5, 0.6) is 0 Å². The normalized spacial score (nSPS) is 16.1. The zero-order valence-electron chi connectivity index (χ0n) is 13.9. The largest absolute Gasteiger partial charge is 0.353 e. The van der Waals surface area contributed by atoms with Crippen LogP contribution in [0.15, 0.2) is 24.3 Å². The van der Waals surface area contributed by atoms with Crippen molar-refractivity contribution >= 4 is 40.5 Å². The third-order valence-electron chi connectivity index (χ3n) is 3.89. The maximum atomic E-state index is 12.0. The molecule has 0 spiro atoms. The molecular weight excluding hydrogens is 330 g/mol. The minimum absolute atomic E-state index is 0.109. The van der Waals surface area contributed by atoms with Crippen molar-refractivity contribution in [1.29, 1.82) is 0 Å². The van der Waals surface area contributed by atoms with Gasteiger partial charge in [-0.05, 0) is 49.3 Å². The highest BCUT2D eigenvalue weighted by atomic mass is 35.5. The van der Waals surface area contributed by atoms with E-state index in [2.05, 4.69) is 15.5 Å². The lowest BCUT2D eigenvalue weighted by Crippen LogP contribution is -2.49. The van der Waals surface area contributed by atoms with Crippen molar-refractivity contribution in [2.24, 2.45) is 5.41 Å². The number of rotatable bonds is 2. The molecule has 1 fully saturated rings. The molecule has 6 heteroatoms. The molecule has 23 heavy (non-hydrogen) atoms. The molecule has 0 unspecified atom stereocenters. The van der Waals surface area contributed by atoms with Crippen LogP contribution in [0.3, 0.4) is 0 Å². The van der Waals surface area contributed by atoms with Gasteiger partial charge in [0, 0.05) is 35.3 Å². The molecule has 1 amide bonds. The van der Waals surface area contributed by atoms with E-state index in [9.17, 15) is 4.79 Å². The monoisotopic (exact) mass is 353 g/mol. The van der Waals surface area contributed by atoms with Gasteiger partial charge >= 0.3 is 0 Å². The number of benzene rings is 1. The minimum Gasteiger partial charge on any atom is -0.353 e. The molecule has 1 aromatic rings. The Kier molecular flexibility index (Phi) is 5.87. The van der Waals surface area contributed by atoms with Crippen LogP contribution in [-0.4, -0.2) is 35.1 Å². The molecule has 0 saturated carbocycles. The second kappa shape index (κ2) is 7.49. The van der Waals surface area contributed by atoms with E-state index < -0.39 is 0 Å². The van der Waals surface area contributed by atoms with Crippen molar-refractivity contribution in [3.05, 3.63) is 29.3 Å². The number of anilines is 1. The van der Waals surface area contributed by atoms with Gasteiger partial charge in [0.05, 0.1) is 0 Å². The summed E-state index contributed by atoms with van der Waals surface area (Å²) in [5, 5.41) is 7.78. The Morgan fingerprint density at radius 3 is 2.30 bits per heavy atom. The lowest BCUT2D eigenvalue weighted by Gasteiger charge is -2.35. The first kappa shape index (κ1) is 18.0. The zero-order valence-corrected chi connectivity index (χ0v) is 15.4. The molecule has 1 aromatic carbocycles. The fourth-order valence-electron chi connectivity index (χ4n) is 2.36. The molecule has 1 heterocycles. The predicted octanol–water partition coefficient (Wildman–Crippen LogP) is 3.66. The summed E-state index contributed by atoms with van der Waals surface area (Å²) in [5.74, 6) is 0.109. The quantitative estimate of drug-likeness (QED) is 0.796. The van der Waals surface area contributed by atoms with Crippen LogP contribution in [0, 0.1) is 5.41 Å². The molecule has 2 rings (SSSR count). The zero-order chi connectivity index (χ0) is 17.0. The second-order valence-corrected chi connectivity index (χ2v) is 7.74. The summed E-state index contributed by atoms with van der Waals surface area (Å²) in [6.07, 6.45) is 1.81. The summed E-state index contributed by atoms with van der Waals surface area (Å²) in [4.78, 5) is 14.2. The Labute approximate surface area is 148 Å².